The minimum atomic E-state index is -0.743. The molecule has 2 heterocycles. The lowest BCUT2D eigenvalue weighted by molar-refractivity contribution is -0.178. The third-order valence-corrected chi connectivity index (χ3v) is 4.67. The smallest absolute Gasteiger partial charge is 0.307 e. The fourth-order valence-corrected chi connectivity index (χ4v) is 3.72. The van der Waals surface area contributed by atoms with E-state index in [4.69, 9.17) is 9.47 Å². The van der Waals surface area contributed by atoms with Crippen molar-refractivity contribution in [1.82, 2.24) is 0 Å². The maximum absolute atomic E-state index is 12.8. The molecule has 3 rings (SSSR count). The number of amides is 1. The average molecular weight is 317 g/mol. The number of esters is 1. The van der Waals surface area contributed by atoms with Gasteiger partial charge in [0, 0.05) is 18.5 Å². The Balaban J connectivity index is 1.82. The molecule has 0 radical (unpaired) electrons. The minimum absolute atomic E-state index is 0.133. The van der Waals surface area contributed by atoms with E-state index in [9.17, 15) is 9.59 Å². The molecule has 2 atom stereocenters. The summed E-state index contributed by atoms with van der Waals surface area (Å²) in [5.41, 5.74) is 0.677. The summed E-state index contributed by atoms with van der Waals surface area (Å²) in [7, 11) is 0. The summed E-state index contributed by atoms with van der Waals surface area (Å²) < 4.78 is 11.4. The highest BCUT2D eigenvalue weighted by atomic mass is 16.6. The first kappa shape index (κ1) is 16.0. The van der Waals surface area contributed by atoms with Gasteiger partial charge in [0.15, 0.2) is 0 Å². The molecule has 124 valence electrons. The lowest BCUT2D eigenvalue weighted by Crippen LogP contribution is -2.52. The lowest BCUT2D eigenvalue weighted by atomic mass is 9.75. The molecule has 1 spiro atoms. The molecule has 1 N–H and O–H groups in total. The molecule has 1 amide bonds. The van der Waals surface area contributed by atoms with Crippen LogP contribution in [-0.2, 0) is 19.1 Å². The monoisotopic (exact) mass is 317 g/mol. The van der Waals surface area contributed by atoms with Crippen molar-refractivity contribution in [3.05, 3.63) is 29.8 Å². The molecule has 2 saturated heterocycles. The topological polar surface area (TPSA) is 64.6 Å². The molecule has 2 fully saturated rings. The van der Waals surface area contributed by atoms with Gasteiger partial charge >= 0.3 is 5.97 Å². The average Bonchev–Trinajstić information content (AvgIpc) is 2.73. The molecule has 0 aliphatic carbocycles. The molecule has 23 heavy (non-hydrogen) atoms. The van der Waals surface area contributed by atoms with E-state index >= 15 is 0 Å². The van der Waals surface area contributed by atoms with Gasteiger partial charge in [-0.05, 0) is 38.5 Å². The maximum atomic E-state index is 12.8. The van der Waals surface area contributed by atoms with Crippen LogP contribution in [0.25, 0.3) is 0 Å². The van der Waals surface area contributed by atoms with Crippen molar-refractivity contribution >= 4 is 17.6 Å². The number of ether oxygens (including phenoxy) is 2. The number of carbonyl (C=O) groups excluding carboxylic acids is 2. The van der Waals surface area contributed by atoms with Crippen molar-refractivity contribution < 1.29 is 19.1 Å². The highest BCUT2D eigenvalue weighted by molar-refractivity contribution is 5.97. The molecular formula is C18H23NO4. The number of benzene rings is 1. The Hall–Kier alpha value is -1.88. The van der Waals surface area contributed by atoms with Gasteiger partial charge < -0.3 is 14.8 Å². The Morgan fingerprint density at radius 3 is 2.83 bits per heavy atom. The minimum Gasteiger partial charge on any atom is -0.458 e. The van der Waals surface area contributed by atoms with Gasteiger partial charge in [-0.3, -0.25) is 9.59 Å². The van der Waals surface area contributed by atoms with Gasteiger partial charge in [-0.2, -0.15) is 0 Å². The van der Waals surface area contributed by atoms with Gasteiger partial charge in [-0.1, -0.05) is 12.1 Å². The number of hydrogen-bond acceptors (Lipinski definition) is 4. The molecule has 0 saturated carbocycles. The van der Waals surface area contributed by atoms with E-state index in [0.717, 1.165) is 11.3 Å². The zero-order valence-electron chi connectivity index (χ0n) is 13.8. The molecule has 2 aliphatic heterocycles. The van der Waals surface area contributed by atoms with Crippen LogP contribution in [0.5, 0.6) is 0 Å². The second kappa shape index (κ2) is 5.64. The summed E-state index contributed by atoms with van der Waals surface area (Å²) in [5.74, 6) is -0.926. The fourth-order valence-electron chi connectivity index (χ4n) is 3.72. The van der Waals surface area contributed by atoms with Crippen molar-refractivity contribution in [2.75, 3.05) is 11.9 Å². The van der Waals surface area contributed by atoms with E-state index < -0.39 is 17.1 Å². The van der Waals surface area contributed by atoms with Gasteiger partial charge in [-0.15, -0.1) is 0 Å². The predicted molar refractivity (Wildman–Crippen MR) is 86.0 cm³/mol. The van der Waals surface area contributed by atoms with Crippen molar-refractivity contribution in [1.29, 1.82) is 0 Å². The van der Waals surface area contributed by atoms with Crippen molar-refractivity contribution in [2.45, 2.75) is 51.2 Å². The van der Waals surface area contributed by atoms with Gasteiger partial charge in [0.25, 0.3) is 0 Å². The zero-order valence-corrected chi connectivity index (χ0v) is 13.8. The van der Waals surface area contributed by atoms with Crippen LogP contribution >= 0.6 is 0 Å². The largest absolute Gasteiger partial charge is 0.458 e. The van der Waals surface area contributed by atoms with E-state index in [-0.39, 0.29) is 18.3 Å². The quantitative estimate of drug-likeness (QED) is 0.852. The highest BCUT2D eigenvalue weighted by Gasteiger charge is 2.56. The first-order chi connectivity index (χ1) is 10.8. The van der Waals surface area contributed by atoms with E-state index in [1.54, 1.807) is 0 Å². The Morgan fingerprint density at radius 2 is 2.13 bits per heavy atom. The normalized spacial score (nSPS) is 29.3. The van der Waals surface area contributed by atoms with Crippen LogP contribution < -0.4 is 5.32 Å². The first-order valence-electron chi connectivity index (χ1n) is 8.03. The van der Waals surface area contributed by atoms with Gasteiger partial charge in [0.2, 0.25) is 5.91 Å². The zero-order chi connectivity index (χ0) is 16.7. The number of anilines is 1. The van der Waals surface area contributed by atoms with Crippen molar-refractivity contribution in [3.63, 3.8) is 0 Å². The van der Waals surface area contributed by atoms with E-state index in [1.807, 2.05) is 45.0 Å². The summed E-state index contributed by atoms with van der Waals surface area (Å²) in [6.45, 7) is 6.40. The molecule has 5 heteroatoms. The lowest BCUT2D eigenvalue weighted by Gasteiger charge is -2.43. The van der Waals surface area contributed by atoms with Crippen LogP contribution in [0.3, 0.4) is 0 Å². The van der Waals surface area contributed by atoms with Gasteiger partial charge in [0.05, 0.1) is 24.5 Å². The van der Waals surface area contributed by atoms with Crippen LogP contribution in [-0.4, -0.2) is 29.7 Å². The van der Waals surface area contributed by atoms with Gasteiger partial charge in [-0.25, -0.2) is 0 Å². The molecule has 0 bridgehead atoms. The Morgan fingerprint density at radius 1 is 1.35 bits per heavy atom. The van der Waals surface area contributed by atoms with Crippen LogP contribution in [0.4, 0.5) is 5.69 Å². The van der Waals surface area contributed by atoms with Crippen molar-refractivity contribution in [2.24, 2.45) is 5.92 Å². The summed E-state index contributed by atoms with van der Waals surface area (Å²) in [6, 6.07) is 7.63. The van der Waals surface area contributed by atoms with Crippen LogP contribution in [0.2, 0.25) is 0 Å². The number of rotatable bonds is 2. The third kappa shape index (κ3) is 3.24. The Labute approximate surface area is 136 Å². The number of carbonyl (C=O) groups is 2. The number of hydrogen-bond donors (Lipinski definition) is 1. The first-order valence-corrected chi connectivity index (χ1v) is 8.03. The summed E-state index contributed by atoms with van der Waals surface area (Å²) in [5, 5.41) is 2.93. The molecule has 0 unspecified atom stereocenters. The van der Waals surface area contributed by atoms with Crippen LogP contribution in [0.15, 0.2) is 24.3 Å². The SMILES string of the molecule is Cc1cccc(NC(=O)[C@H]2CC(=O)O[C@@]23CCOC(C)(C)C3)c1. The van der Waals surface area contributed by atoms with E-state index in [1.165, 1.54) is 0 Å². The summed E-state index contributed by atoms with van der Waals surface area (Å²) >= 11 is 0. The number of nitrogens with one attached hydrogen (secondary N) is 1. The van der Waals surface area contributed by atoms with E-state index in [2.05, 4.69) is 5.32 Å². The molecule has 1 aromatic carbocycles. The Kier molecular flexibility index (Phi) is 3.92. The summed E-state index contributed by atoms with van der Waals surface area (Å²) in [6.07, 6.45) is 1.24. The molecular weight excluding hydrogens is 294 g/mol. The molecule has 2 aliphatic rings. The standard InChI is InChI=1S/C18H23NO4/c1-12-5-4-6-13(9-12)19-16(21)14-10-15(20)23-18(14)7-8-22-17(2,3)11-18/h4-6,9,14H,7-8,10-11H2,1-3H3,(H,19,21)/t14-,18-/m1/s1. The molecule has 5 nitrogen and oxygen atoms in total. The third-order valence-electron chi connectivity index (χ3n) is 4.67. The van der Waals surface area contributed by atoms with Crippen molar-refractivity contribution in [3.8, 4) is 0 Å². The Bertz CT molecular complexity index is 640. The van der Waals surface area contributed by atoms with Crippen LogP contribution in [0, 0.1) is 12.8 Å². The molecule has 0 aromatic heterocycles. The predicted octanol–water partition coefficient (Wildman–Crippen LogP) is 2.82. The highest BCUT2D eigenvalue weighted by Crippen LogP contribution is 2.45. The fraction of sp³-hybridized carbons (Fsp3) is 0.556. The number of aryl methyl sites for hydroxylation is 1. The summed E-state index contributed by atoms with van der Waals surface area (Å²) in [4.78, 5) is 24.7. The maximum Gasteiger partial charge on any atom is 0.307 e. The van der Waals surface area contributed by atoms with E-state index in [0.29, 0.717) is 19.4 Å². The second-order valence-electron chi connectivity index (χ2n) is 7.19. The second-order valence-corrected chi connectivity index (χ2v) is 7.19. The molecule has 1 aromatic rings. The van der Waals surface area contributed by atoms with Gasteiger partial charge in [0.1, 0.15) is 5.60 Å². The van der Waals surface area contributed by atoms with Crippen LogP contribution in [0.1, 0.15) is 38.7 Å².